The molecule has 0 radical (unpaired) electrons. The predicted molar refractivity (Wildman–Crippen MR) is 438 cm³/mol. The van der Waals surface area contributed by atoms with Gasteiger partial charge >= 0.3 is 12.1 Å². The van der Waals surface area contributed by atoms with Gasteiger partial charge in [-0.15, -0.1) is 21.5 Å². The van der Waals surface area contributed by atoms with Crippen molar-refractivity contribution in [3.8, 4) is 33.3 Å². The Bertz CT molecular complexity index is 4580. The molecule has 0 aliphatic carbocycles. The second-order valence-corrected chi connectivity index (χ2v) is 31.9. The number of carbonyl (C=O) groups is 11. The number of piperidine rings is 1. The van der Waals surface area contributed by atoms with Crippen LogP contribution in [0.2, 0.25) is 0 Å². The number of benzene rings is 3. The maximum atomic E-state index is 14.5. The minimum atomic E-state index is -1.32. The normalized spacial score (nSPS) is 18.2. The van der Waals surface area contributed by atoms with E-state index in [2.05, 4.69) is 72.3 Å². The first-order chi connectivity index (χ1) is 57.2. The van der Waals surface area contributed by atoms with Crippen molar-refractivity contribution in [1.29, 1.82) is 0 Å². The van der Waals surface area contributed by atoms with Gasteiger partial charge in [0.25, 0.3) is 17.7 Å². The molecule has 638 valence electrons. The van der Waals surface area contributed by atoms with Gasteiger partial charge in [-0.2, -0.15) is 0 Å². The molecule has 6 aromatic rings. The number of imide groups is 1. The number of rotatable bonds is 38. The summed E-state index contributed by atoms with van der Waals surface area (Å²) in [6.07, 6.45) is 2.00. The van der Waals surface area contributed by atoms with E-state index in [1.54, 1.807) is 79.8 Å². The third-order valence-corrected chi connectivity index (χ3v) is 22.7. The lowest BCUT2D eigenvalue weighted by Gasteiger charge is -2.48. The van der Waals surface area contributed by atoms with Crippen LogP contribution in [0.15, 0.2) is 107 Å². The molecule has 0 spiro atoms. The Labute approximate surface area is 693 Å². The number of hydrogen-bond donors (Lipinski definition) is 11. The van der Waals surface area contributed by atoms with Crippen LogP contribution >= 0.6 is 11.3 Å². The number of carbonyl (C=O) groups excluding carboxylic acids is 11. The number of urea groups is 1. The number of phenolic OH excluding ortho intramolecular Hbond substituents is 1. The fraction of sp³-hybridized carbons (Fsp3) is 0.500. The number of hydrogen-bond acceptors (Lipinski definition) is 26. The summed E-state index contributed by atoms with van der Waals surface area (Å²) in [7, 11) is 0. The van der Waals surface area contributed by atoms with Crippen molar-refractivity contribution in [3.05, 3.63) is 125 Å². The van der Waals surface area contributed by atoms with E-state index in [-0.39, 0.29) is 126 Å². The first kappa shape index (κ1) is 88.3. The number of aromatic nitrogens is 4. The number of fused-ring (bicyclic) bond motifs is 3. The largest absolute Gasteiger partial charge is 0.507 e. The first-order valence-electron chi connectivity index (χ1n) is 40.3. The lowest BCUT2D eigenvalue weighted by atomic mass is 9.91. The number of amides is 12. The quantitative estimate of drug-likeness (QED) is 0.0195. The van der Waals surface area contributed by atoms with Gasteiger partial charge in [-0.25, -0.2) is 14.6 Å². The molecule has 3 aromatic carbocycles. The molecule has 13 N–H and O–H groups in total. The maximum absolute atomic E-state index is 14.5. The van der Waals surface area contributed by atoms with Crippen LogP contribution in [0.3, 0.4) is 0 Å². The molecule has 11 rings (SSSR count). The summed E-state index contributed by atoms with van der Waals surface area (Å²) in [5.41, 5.74) is 17.9. The number of anilines is 3. The molecule has 5 aliphatic heterocycles. The van der Waals surface area contributed by atoms with Gasteiger partial charge < -0.3 is 87.4 Å². The number of para-hydroxylation sites is 1. The summed E-state index contributed by atoms with van der Waals surface area (Å²) in [5.74, 6) is -6.02. The van der Waals surface area contributed by atoms with Crippen LogP contribution in [0.25, 0.3) is 21.7 Å². The van der Waals surface area contributed by atoms with Crippen LogP contribution in [0.4, 0.5) is 26.8 Å². The fourth-order valence-electron chi connectivity index (χ4n) is 15.3. The molecular formula is C82H107N19O17S. The predicted octanol–water partition coefficient (Wildman–Crippen LogP) is 3.58. The molecule has 12 amide bonds. The van der Waals surface area contributed by atoms with Gasteiger partial charge in [-0.3, -0.25) is 62.8 Å². The molecule has 5 aliphatic rings. The van der Waals surface area contributed by atoms with Crippen LogP contribution in [-0.2, 0) is 59.2 Å². The lowest BCUT2D eigenvalue weighted by molar-refractivity contribution is -0.141. The van der Waals surface area contributed by atoms with Gasteiger partial charge in [0.1, 0.15) is 55.6 Å². The van der Waals surface area contributed by atoms with Gasteiger partial charge in [-0.05, 0) is 129 Å². The van der Waals surface area contributed by atoms with Crippen molar-refractivity contribution in [2.24, 2.45) is 29.2 Å². The molecule has 36 nitrogen and oxygen atoms in total. The Kier molecular flexibility index (Phi) is 31.0. The molecule has 0 unspecified atom stereocenters. The number of piperazine rings is 1. The summed E-state index contributed by atoms with van der Waals surface area (Å²) >= 11 is 1.57. The van der Waals surface area contributed by atoms with Crippen molar-refractivity contribution in [2.45, 2.75) is 141 Å². The molecule has 0 saturated carbocycles. The summed E-state index contributed by atoms with van der Waals surface area (Å²) in [4.78, 5) is 163. The molecule has 3 saturated heterocycles. The second kappa shape index (κ2) is 41.7. The molecule has 0 bridgehead atoms. The summed E-state index contributed by atoms with van der Waals surface area (Å²) < 4.78 is 23.2. The van der Waals surface area contributed by atoms with Gasteiger partial charge in [0.05, 0.1) is 65.4 Å². The Morgan fingerprint density at radius 2 is 1.49 bits per heavy atom. The van der Waals surface area contributed by atoms with Crippen molar-refractivity contribution in [3.63, 3.8) is 0 Å². The van der Waals surface area contributed by atoms with E-state index in [9.17, 15) is 63.0 Å². The standard InChI is InChI=1S/C82H107N19O17S/c1-48(2)72(80(112)99-44-58(102)38-64(99)78(110)88-50(5)54-15-17-55(18-16-54)74-51(6)87-47-119-74)66-40-69(95-118-66)116-37-34-96-30-25-52(26-31-96)41-97-32-33-98-57(42-97)43-101(75-63(98)39-62(93-94-75)59-10-7-8-12-65(59)103)82(114)117-46-53-13-19-56(20-14-53)89-77(109)60(11-9-28-86-81(84)113)91-79(111)73(49(3)4)92-67(104)22-21-61(76(108)85-29-36-115-35-27-83)90-68(105)45-100-70(106)23-24-71(100)107/h7-8,10,12-20,23-24,39-40,47-50,52,57-58,60-61,64,72-73,102-103H,9,11,21-22,25-38,41-46,83H2,1-6H3,(H,85,108)(H,88,110)(H,89,109)(H,90,105)(H,91,111)(H,92,104)(H3,84,86,113)/t50-,57+,58+,60-,61+,64-,72+,73-/m0/s1. The average molecular weight is 1660 g/mol. The zero-order valence-corrected chi connectivity index (χ0v) is 68.5. The second-order valence-electron chi connectivity index (χ2n) is 31.1. The number of nitrogens with two attached hydrogens (primary N) is 2. The highest BCUT2D eigenvalue weighted by Gasteiger charge is 2.45. The monoisotopic (exact) mass is 1660 g/mol. The van der Waals surface area contributed by atoms with E-state index in [1.807, 2.05) is 63.5 Å². The van der Waals surface area contributed by atoms with Gasteiger partial charge in [0.2, 0.25) is 41.4 Å². The number of primary amides is 1. The average Bonchev–Trinajstić information content (AvgIpc) is 1.56. The van der Waals surface area contributed by atoms with Gasteiger partial charge in [0, 0.05) is 101 Å². The zero-order chi connectivity index (χ0) is 85.0. The number of aryl methyl sites for hydroxylation is 1. The lowest BCUT2D eigenvalue weighted by Crippen LogP contribution is -2.61. The third kappa shape index (κ3) is 23.7. The number of likely N-dealkylation sites (tertiary alicyclic amines) is 2. The Hall–Kier alpha value is -11.5. The Morgan fingerprint density at radius 3 is 2.18 bits per heavy atom. The smallest absolute Gasteiger partial charge is 0.415 e. The van der Waals surface area contributed by atoms with E-state index in [0.29, 0.717) is 76.8 Å². The topological polar surface area (TPSA) is 476 Å². The van der Waals surface area contributed by atoms with E-state index in [1.165, 1.54) is 9.80 Å². The minimum absolute atomic E-state index is 0.00252. The number of thiazole rings is 1. The number of β-amino-alcohol motifs (C(OH)–C–C–N with tert-alkyl or cyclic N) is 1. The van der Waals surface area contributed by atoms with Crippen molar-refractivity contribution >= 4 is 93.8 Å². The van der Waals surface area contributed by atoms with Crippen molar-refractivity contribution < 1.29 is 81.7 Å². The Morgan fingerprint density at radius 1 is 0.748 bits per heavy atom. The molecular weight excluding hydrogens is 1560 g/mol. The number of aromatic hydroxyl groups is 1. The first-order valence-corrected chi connectivity index (χ1v) is 41.2. The van der Waals surface area contributed by atoms with Gasteiger partial charge in [-0.1, -0.05) is 76.2 Å². The SMILES string of the molecule is Cc1ncsc1-c1ccc([C@H](C)NC(=O)[C@@H]2C[C@@H](O)CN2C(=O)[C@@H](c2cc(OCCN3CCC(CN4CCN5c6cc(-c7ccccc7O)nnc6N(C(=O)OCc6ccc(NC(=O)[C@H](CCCNC(N)=O)NC(=O)[C@@H](NC(=O)CC[C@@H](NC(=O)CN7C(=O)C=CC7=O)C(=O)NCCOCCN)C(C)C)cc6)C[C@H]5C4)CC3)no2)C(C)C)cc1. The number of aliphatic hydroxyl groups is 1. The molecule has 8 atom stereocenters. The van der Waals surface area contributed by atoms with E-state index in [0.717, 1.165) is 72.9 Å². The Balaban J connectivity index is 0.656. The number of ether oxygens (including phenoxy) is 3. The molecule has 8 heterocycles. The van der Waals surface area contributed by atoms with Crippen LogP contribution < -0.4 is 63.2 Å². The van der Waals surface area contributed by atoms with Crippen LogP contribution in [0, 0.1) is 24.7 Å². The third-order valence-electron chi connectivity index (χ3n) is 21.7. The van der Waals surface area contributed by atoms with E-state index >= 15 is 0 Å². The summed E-state index contributed by atoms with van der Waals surface area (Å²) in [5, 5.41) is 53.9. The molecule has 3 aromatic heterocycles. The zero-order valence-electron chi connectivity index (χ0n) is 67.7. The summed E-state index contributed by atoms with van der Waals surface area (Å²) in [6.45, 7) is 16.5. The number of nitrogens with zero attached hydrogens (tertiary/aromatic N) is 10. The molecule has 119 heavy (non-hydrogen) atoms. The van der Waals surface area contributed by atoms with Crippen molar-refractivity contribution in [2.75, 3.05) is 120 Å². The maximum Gasteiger partial charge on any atom is 0.415 e. The van der Waals surface area contributed by atoms with E-state index in [4.69, 9.17) is 30.2 Å². The van der Waals surface area contributed by atoms with Crippen LogP contribution in [0.5, 0.6) is 11.6 Å². The van der Waals surface area contributed by atoms with Gasteiger partial charge in [0.15, 0.2) is 11.6 Å². The van der Waals surface area contributed by atoms with Crippen LogP contribution in [-0.4, -0.2) is 257 Å². The minimum Gasteiger partial charge on any atom is -0.507 e. The number of phenols is 1. The van der Waals surface area contributed by atoms with Crippen molar-refractivity contribution in [1.82, 2.24) is 71.8 Å². The molecule has 3 fully saturated rings. The highest BCUT2D eigenvalue weighted by molar-refractivity contribution is 7.13. The highest BCUT2D eigenvalue weighted by atomic mass is 32.1. The highest BCUT2D eigenvalue weighted by Crippen LogP contribution is 2.40. The molecule has 37 heteroatoms. The van der Waals surface area contributed by atoms with Crippen LogP contribution in [0.1, 0.15) is 114 Å². The fourth-order valence-corrected chi connectivity index (χ4v) is 16.1. The van der Waals surface area contributed by atoms with E-state index < -0.39 is 102 Å². The number of nitrogens with one attached hydrogen (secondary N) is 7. The number of aliphatic hydroxyl groups excluding tert-OH is 1. The summed E-state index contributed by atoms with van der Waals surface area (Å²) in [6, 6.07) is 18.8.